The van der Waals surface area contributed by atoms with Gasteiger partial charge in [0, 0.05) is 11.1 Å². The van der Waals surface area contributed by atoms with E-state index in [0.717, 1.165) is 23.1 Å². The van der Waals surface area contributed by atoms with Crippen molar-refractivity contribution in [3.8, 4) is 5.75 Å². The number of fused-ring (bicyclic) bond motifs is 1. The van der Waals surface area contributed by atoms with E-state index in [1.54, 1.807) is 25.1 Å². The Hall–Kier alpha value is -2.56. The third-order valence-electron chi connectivity index (χ3n) is 3.73. The quantitative estimate of drug-likeness (QED) is 0.397. The van der Waals surface area contributed by atoms with Gasteiger partial charge >= 0.3 is 5.97 Å². The van der Waals surface area contributed by atoms with Gasteiger partial charge in [0.15, 0.2) is 5.16 Å². The normalized spacial score (nSPS) is 12.0. The van der Waals surface area contributed by atoms with Crippen LogP contribution in [0.1, 0.15) is 17.3 Å². The first-order valence-electron chi connectivity index (χ1n) is 7.86. The fourth-order valence-electron chi connectivity index (χ4n) is 2.35. The molecule has 0 fully saturated rings. The Morgan fingerprint density at radius 2 is 2.18 bits per heavy atom. The zero-order chi connectivity index (χ0) is 20.4. The fraction of sp³-hybridized carbons (Fsp3) is 0.176. The van der Waals surface area contributed by atoms with Gasteiger partial charge in [0.25, 0.3) is 5.56 Å². The number of halogens is 1. The molecule has 28 heavy (non-hydrogen) atoms. The maximum Gasteiger partial charge on any atom is 0.337 e. The zero-order valence-electron chi connectivity index (χ0n) is 14.6. The number of carbonyl (C=O) groups excluding carboxylic acids is 1. The highest BCUT2D eigenvalue weighted by Crippen LogP contribution is 2.29. The van der Waals surface area contributed by atoms with Crippen molar-refractivity contribution in [3.63, 3.8) is 0 Å². The van der Waals surface area contributed by atoms with Gasteiger partial charge in [-0.3, -0.25) is 9.59 Å². The number of H-pyrrole nitrogens is 1. The Kier molecular flexibility index (Phi) is 5.92. The van der Waals surface area contributed by atoms with Crippen molar-refractivity contribution in [2.24, 2.45) is 0 Å². The summed E-state index contributed by atoms with van der Waals surface area (Å²) in [4.78, 5) is 42.9. The van der Waals surface area contributed by atoms with Crippen LogP contribution >= 0.6 is 34.7 Å². The van der Waals surface area contributed by atoms with Gasteiger partial charge in [0.2, 0.25) is 5.91 Å². The van der Waals surface area contributed by atoms with E-state index < -0.39 is 16.8 Å². The second-order valence-corrected chi connectivity index (χ2v) is 8.20. The van der Waals surface area contributed by atoms with Crippen LogP contribution in [0.3, 0.4) is 0 Å². The van der Waals surface area contributed by atoms with Crippen LogP contribution in [0.2, 0.25) is 5.02 Å². The number of hydrogen-bond donors (Lipinski definition) is 3. The minimum Gasteiger partial charge on any atom is -0.495 e. The minimum absolute atomic E-state index is 0.0341. The number of thioether (sulfide) groups is 1. The number of benzene rings is 1. The molecule has 146 valence electrons. The molecule has 1 atom stereocenters. The van der Waals surface area contributed by atoms with Gasteiger partial charge in [-0.1, -0.05) is 23.4 Å². The molecule has 1 aromatic carbocycles. The van der Waals surface area contributed by atoms with Crippen LogP contribution in [0.4, 0.5) is 5.69 Å². The number of rotatable bonds is 6. The number of anilines is 1. The van der Waals surface area contributed by atoms with Gasteiger partial charge in [0.1, 0.15) is 10.6 Å². The number of ether oxygens (including phenoxy) is 1. The van der Waals surface area contributed by atoms with Gasteiger partial charge < -0.3 is 20.1 Å². The smallest absolute Gasteiger partial charge is 0.337 e. The molecule has 8 nitrogen and oxygen atoms in total. The molecular weight excluding hydrogens is 426 g/mol. The Morgan fingerprint density at radius 3 is 2.82 bits per heavy atom. The molecule has 0 bridgehead atoms. The van der Waals surface area contributed by atoms with Crippen molar-refractivity contribution in [1.29, 1.82) is 0 Å². The predicted molar refractivity (Wildman–Crippen MR) is 109 cm³/mol. The molecule has 0 spiro atoms. The number of amides is 1. The molecule has 2 heterocycles. The number of hydrogen-bond acceptors (Lipinski definition) is 7. The number of aromatic amines is 1. The average molecular weight is 440 g/mol. The van der Waals surface area contributed by atoms with Gasteiger partial charge in [-0.2, -0.15) is 0 Å². The molecule has 1 amide bonds. The monoisotopic (exact) mass is 439 g/mol. The van der Waals surface area contributed by atoms with Gasteiger partial charge in [-0.05, 0) is 25.1 Å². The molecule has 1 unspecified atom stereocenters. The fourth-order valence-corrected chi connectivity index (χ4v) is 4.38. The third kappa shape index (κ3) is 4.13. The summed E-state index contributed by atoms with van der Waals surface area (Å²) >= 11 is 8.16. The number of carbonyl (C=O) groups is 2. The van der Waals surface area contributed by atoms with E-state index in [0.29, 0.717) is 21.3 Å². The highest BCUT2D eigenvalue weighted by molar-refractivity contribution is 8.00. The van der Waals surface area contributed by atoms with E-state index in [1.165, 1.54) is 12.5 Å². The lowest BCUT2D eigenvalue weighted by Gasteiger charge is -2.12. The molecule has 0 aliphatic rings. The largest absolute Gasteiger partial charge is 0.495 e. The Labute approximate surface area is 171 Å². The maximum atomic E-state index is 12.4. The molecule has 2 aromatic heterocycles. The van der Waals surface area contributed by atoms with Crippen molar-refractivity contribution < 1.29 is 19.4 Å². The molecule has 3 N–H and O–H groups in total. The Morgan fingerprint density at radius 1 is 1.43 bits per heavy atom. The number of aromatic carboxylic acids is 1. The van der Waals surface area contributed by atoms with E-state index in [2.05, 4.69) is 15.3 Å². The Balaban J connectivity index is 1.76. The summed E-state index contributed by atoms with van der Waals surface area (Å²) in [6.45, 7) is 1.66. The van der Waals surface area contributed by atoms with E-state index in [1.807, 2.05) is 0 Å². The van der Waals surface area contributed by atoms with Crippen LogP contribution in [0.5, 0.6) is 5.75 Å². The lowest BCUT2D eigenvalue weighted by atomic mass is 10.2. The van der Waals surface area contributed by atoms with Crippen molar-refractivity contribution >= 4 is 62.5 Å². The van der Waals surface area contributed by atoms with Crippen LogP contribution in [0.15, 0.2) is 33.5 Å². The van der Waals surface area contributed by atoms with E-state index >= 15 is 0 Å². The first kappa shape index (κ1) is 20.2. The molecule has 0 aliphatic heterocycles. The molecule has 3 rings (SSSR count). The van der Waals surface area contributed by atoms with Gasteiger partial charge in [-0.15, -0.1) is 11.3 Å². The van der Waals surface area contributed by atoms with Crippen LogP contribution in [-0.4, -0.2) is 39.3 Å². The van der Waals surface area contributed by atoms with Gasteiger partial charge in [-0.25, -0.2) is 9.78 Å². The zero-order valence-corrected chi connectivity index (χ0v) is 17.0. The number of aromatic nitrogens is 2. The lowest BCUT2D eigenvalue weighted by molar-refractivity contribution is -0.115. The summed E-state index contributed by atoms with van der Waals surface area (Å²) < 4.78 is 5.07. The molecule has 0 saturated carbocycles. The standard InChI is InChI=1S/C17H14ClN3O5S2/c1-7(13(22)19-8-3-4-11(26-2)10(18)5-8)28-17-20-14(23)12-9(16(24)25)6-27-15(12)21-17/h3-7H,1-2H3,(H,19,22)(H,24,25)(H,20,21,23). The summed E-state index contributed by atoms with van der Waals surface area (Å²) in [6.07, 6.45) is 0. The molecule has 0 aliphatic carbocycles. The van der Waals surface area contributed by atoms with E-state index in [4.69, 9.17) is 21.4 Å². The number of methoxy groups -OCH3 is 1. The molecule has 11 heteroatoms. The number of carboxylic acids is 1. The summed E-state index contributed by atoms with van der Waals surface area (Å²) in [6, 6.07) is 4.87. The topological polar surface area (TPSA) is 121 Å². The van der Waals surface area contributed by atoms with Gasteiger partial charge in [0.05, 0.1) is 28.3 Å². The number of carboxylic acid groups (broad SMARTS) is 1. The number of thiophene rings is 1. The summed E-state index contributed by atoms with van der Waals surface area (Å²) in [5.74, 6) is -1.01. The van der Waals surface area contributed by atoms with Crippen LogP contribution in [0.25, 0.3) is 10.2 Å². The van der Waals surface area contributed by atoms with Crippen LogP contribution < -0.4 is 15.6 Å². The predicted octanol–water partition coefficient (Wildman–Crippen LogP) is 3.46. The first-order valence-corrected chi connectivity index (χ1v) is 9.99. The van der Waals surface area contributed by atoms with E-state index in [-0.39, 0.29) is 22.0 Å². The first-order chi connectivity index (χ1) is 13.3. The van der Waals surface area contributed by atoms with Crippen LogP contribution in [-0.2, 0) is 4.79 Å². The third-order valence-corrected chi connectivity index (χ3v) is 5.88. The average Bonchev–Trinajstić information content (AvgIpc) is 3.06. The molecule has 0 radical (unpaired) electrons. The molecule has 0 saturated heterocycles. The number of nitrogens with zero attached hydrogens (tertiary/aromatic N) is 1. The summed E-state index contributed by atoms with van der Waals surface area (Å²) in [5.41, 5.74) is -0.141. The molecule has 3 aromatic rings. The van der Waals surface area contributed by atoms with Crippen molar-refractivity contribution in [1.82, 2.24) is 9.97 Å². The maximum absolute atomic E-state index is 12.4. The SMILES string of the molecule is COc1ccc(NC(=O)C(C)Sc2nc3scc(C(=O)O)c3c(=O)[nH]2)cc1Cl. The second kappa shape index (κ2) is 8.21. The summed E-state index contributed by atoms with van der Waals surface area (Å²) in [7, 11) is 1.50. The summed E-state index contributed by atoms with van der Waals surface area (Å²) in [5, 5.41) is 13.3. The van der Waals surface area contributed by atoms with Crippen molar-refractivity contribution in [2.75, 3.05) is 12.4 Å². The Bertz CT molecular complexity index is 1130. The highest BCUT2D eigenvalue weighted by Gasteiger charge is 2.20. The lowest BCUT2D eigenvalue weighted by Crippen LogP contribution is -2.23. The van der Waals surface area contributed by atoms with E-state index in [9.17, 15) is 14.4 Å². The van der Waals surface area contributed by atoms with Crippen molar-refractivity contribution in [3.05, 3.63) is 44.5 Å². The molecular formula is C17H14ClN3O5S2. The minimum atomic E-state index is -1.19. The van der Waals surface area contributed by atoms with Crippen LogP contribution in [0, 0.1) is 0 Å². The van der Waals surface area contributed by atoms with Crippen molar-refractivity contribution in [2.45, 2.75) is 17.3 Å². The highest BCUT2D eigenvalue weighted by atomic mass is 35.5. The number of nitrogens with one attached hydrogen (secondary N) is 2. The second-order valence-electron chi connectivity index (χ2n) is 5.60.